The molecule has 5 nitrogen and oxygen atoms in total. The number of nitrogens with zero attached hydrogens (tertiary/aromatic N) is 3. The molecule has 0 radical (unpaired) electrons. The van der Waals surface area contributed by atoms with E-state index < -0.39 is 0 Å². The average molecular weight is 397 g/mol. The molecule has 2 aromatic rings. The van der Waals surface area contributed by atoms with Crippen molar-refractivity contribution in [2.75, 3.05) is 5.75 Å². The lowest BCUT2D eigenvalue weighted by Crippen LogP contribution is -2.28. The van der Waals surface area contributed by atoms with Crippen molar-refractivity contribution < 1.29 is 4.79 Å². The number of hydrogen-bond acceptors (Lipinski definition) is 6. The van der Waals surface area contributed by atoms with Crippen LogP contribution in [0.5, 0.6) is 0 Å². The highest BCUT2D eigenvalue weighted by Gasteiger charge is 2.29. The second-order valence-electron chi connectivity index (χ2n) is 7.47. The van der Waals surface area contributed by atoms with Gasteiger partial charge in [-0.3, -0.25) is 14.8 Å². The number of hydrogen-bond donors (Lipinski definition) is 1. The van der Waals surface area contributed by atoms with E-state index in [4.69, 9.17) is 5.73 Å². The highest BCUT2D eigenvalue weighted by molar-refractivity contribution is 8.13. The van der Waals surface area contributed by atoms with Crippen molar-refractivity contribution in [3.05, 3.63) is 59.2 Å². The van der Waals surface area contributed by atoms with Crippen LogP contribution in [0.1, 0.15) is 66.8 Å². The van der Waals surface area contributed by atoms with E-state index in [0.717, 1.165) is 41.8 Å². The quantitative estimate of drug-likeness (QED) is 0.531. The minimum atomic E-state index is -0.325. The Morgan fingerprint density at radius 2 is 2.11 bits per heavy atom. The van der Waals surface area contributed by atoms with Crippen molar-refractivity contribution in [3.63, 3.8) is 0 Å². The molecular formula is C22H28N4OS. The number of carbonyl (C=O) groups is 1. The number of rotatable bonds is 8. The van der Waals surface area contributed by atoms with Crippen LogP contribution in [0.2, 0.25) is 0 Å². The molecule has 0 saturated heterocycles. The van der Waals surface area contributed by atoms with Crippen molar-refractivity contribution in [1.29, 1.82) is 0 Å². The summed E-state index contributed by atoms with van der Waals surface area (Å²) >= 11 is 1.59. The Kier molecular flexibility index (Phi) is 6.83. The molecule has 0 spiro atoms. The van der Waals surface area contributed by atoms with Crippen LogP contribution < -0.4 is 5.73 Å². The van der Waals surface area contributed by atoms with Crippen LogP contribution in [0, 0.1) is 0 Å². The second kappa shape index (κ2) is 9.32. The molecule has 2 N–H and O–H groups in total. The first-order chi connectivity index (χ1) is 13.5. The largest absolute Gasteiger partial charge is 0.379 e. The van der Waals surface area contributed by atoms with Crippen LogP contribution in [0.4, 0.5) is 0 Å². The zero-order valence-electron chi connectivity index (χ0n) is 16.6. The van der Waals surface area contributed by atoms with E-state index in [-0.39, 0.29) is 11.3 Å². The number of aryl methyl sites for hydroxylation is 1. The molecule has 1 aromatic carbocycles. The first-order valence-corrected chi connectivity index (χ1v) is 10.9. The Labute approximate surface area is 171 Å². The van der Waals surface area contributed by atoms with Crippen LogP contribution in [0.3, 0.4) is 0 Å². The second-order valence-corrected chi connectivity index (χ2v) is 8.59. The van der Waals surface area contributed by atoms with Crippen molar-refractivity contribution in [2.45, 2.75) is 57.9 Å². The van der Waals surface area contributed by atoms with Crippen LogP contribution in [-0.2, 0) is 18.4 Å². The molecule has 1 aromatic heterocycles. The predicted molar refractivity (Wildman–Crippen MR) is 116 cm³/mol. The minimum Gasteiger partial charge on any atom is -0.379 e. The Balaban J connectivity index is 1.68. The normalized spacial score (nSPS) is 19.3. The van der Waals surface area contributed by atoms with E-state index in [2.05, 4.69) is 40.9 Å². The molecule has 0 fully saturated rings. The van der Waals surface area contributed by atoms with Crippen LogP contribution in [0.15, 0.2) is 41.7 Å². The first kappa shape index (κ1) is 20.5. The summed E-state index contributed by atoms with van der Waals surface area (Å²) in [5.74, 6) is 0.937. The topological polar surface area (TPSA) is 81.2 Å². The van der Waals surface area contributed by atoms with Crippen molar-refractivity contribution >= 4 is 22.7 Å². The summed E-state index contributed by atoms with van der Waals surface area (Å²) in [6, 6.07) is 8.09. The van der Waals surface area contributed by atoms with Crippen molar-refractivity contribution in [1.82, 2.24) is 9.97 Å². The SMILES string of the molecule is CCCCCc1cnc(C(=O)Cc2cccc(C3(C)CCSC(N)=N3)c2)cn1. The van der Waals surface area contributed by atoms with Crippen molar-refractivity contribution in [3.8, 4) is 0 Å². The molecule has 6 heteroatoms. The molecule has 0 saturated carbocycles. The molecule has 1 aliphatic heterocycles. The summed E-state index contributed by atoms with van der Waals surface area (Å²) in [5, 5.41) is 0.629. The monoisotopic (exact) mass is 396 g/mol. The van der Waals surface area contributed by atoms with Gasteiger partial charge in [-0.05, 0) is 37.3 Å². The summed E-state index contributed by atoms with van der Waals surface area (Å²) in [7, 11) is 0. The Morgan fingerprint density at radius 3 is 2.82 bits per heavy atom. The third-order valence-corrected chi connectivity index (χ3v) is 5.93. The number of amidine groups is 1. The predicted octanol–water partition coefficient (Wildman–Crippen LogP) is 4.30. The third-order valence-electron chi connectivity index (χ3n) is 5.14. The third kappa shape index (κ3) is 5.19. The lowest BCUT2D eigenvalue weighted by molar-refractivity contribution is 0.0987. The number of benzene rings is 1. The van der Waals surface area contributed by atoms with E-state index in [1.807, 2.05) is 12.1 Å². The van der Waals surface area contributed by atoms with Gasteiger partial charge in [-0.15, -0.1) is 0 Å². The Bertz CT molecular complexity index is 850. The maximum absolute atomic E-state index is 12.7. The van der Waals surface area contributed by atoms with Gasteiger partial charge in [0.05, 0.1) is 17.4 Å². The Morgan fingerprint density at radius 1 is 1.25 bits per heavy atom. The number of Topliss-reactive ketones (excluding diaryl/α,β-unsaturated/α-hetero) is 1. The van der Waals surface area contributed by atoms with E-state index in [1.165, 1.54) is 12.8 Å². The molecule has 0 amide bonds. The molecule has 1 aliphatic rings. The number of aromatic nitrogens is 2. The van der Waals surface area contributed by atoms with Crippen LogP contribution in [-0.4, -0.2) is 26.7 Å². The van der Waals surface area contributed by atoms with Gasteiger partial charge in [0.1, 0.15) is 5.69 Å². The van der Waals surface area contributed by atoms with E-state index in [9.17, 15) is 4.79 Å². The number of carbonyl (C=O) groups excluding carboxylic acids is 1. The van der Waals surface area contributed by atoms with Gasteiger partial charge < -0.3 is 5.73 Å². The maximum Gasteiger partial charge on any atom is 0.187 e. The van der Waals surface area contributed by atoms with Gasteiger partial charge in [0.2, 0.25) is 0 Å². The van der Waals surface area contributed by atoms with Gasteiger partial charge in [-0.25, -0.2) is 4.98 Å². The van der Waals surface area contributed by atoms with Crippen molar-refractivity contribution in [2.24, 2.45) is 10.7 Å². The molecule has 0 aliphatic carbocycles. The summed E-state index contributed by atoms with van der Waals surface area (Å²) < 4.78 is 0. The summed E-state index contributed by atoms with van der Waals surface area (Å²) in [4.78, 5) is 26.0. The molecule has 28 heavy (non-hydrogen) atoms. The summed E-state index contributed by atoms with van der Waals surface area (Å²) in [6.07, 6.45) is 8.97. The lowest BCUT2D eigenvalue weighted by atomic mass is 9.88. The molecule has 148 valence electrons. The molecule has 1 unspecified atom stereocenters. The average Bonchev–Trinajstić information content (AvgIpc) is 2.69. The lowest BCUT2D eigenvalue weighted by Gasteiger charge is -2.30. The van der Waals surface area contributed by atoms with E-state index in [1.54, 1.807) is 24.2 Å². The summed E-state index contributed by atoms with van der Waals surface area (Å²) in [6.45, 7) is 4.28. The number of unbranched alkanes of at least 4 members (excludes halogenated alkanes) is 2. The van der Waals surface area contributed by atoms with Crippen LogP contribution in [0.25, 0.3) is 0 Å². The van der Waals surface area contributed by atoms with Gasteiger partial charge in [0.15, 0.2) is 11.0 Å². The molecule has 3 rings (SSSR count). The Hall–Kier alpha value is -2.21. The number of aliphatic imine (C=N–C) groups is 1. The zero-order chi connectivity index (χ0) is 20.0. The summed E-state index contributed by atoms with van der Waals surface area (Å²) in [5.41, 5.74) is 9.04. The van der Waals surface area contributed by atoms with Gasteiger partial charge >= 0.3 is 0 Å². The molecule has 1 atom stereocenters. The first-order valence-electron chi connectivity index (χ1n) is 9.92. The fourth-order valence-corrected chi connectivity index (χ4v) is 4.35. The fourth-order valence-electron chi connectivity index (χ4n) is 3.37. The van der Waals surface area contributed by atoms with Gasteiger partial charge in [0, 0.05) is 18.4 Å². The highest BCUT2D eigenvalue weighted by Crippen LogP contribution is 2.35. The van der Waals surface area contributed by atoms with E-state index in [0.29, 0.717) is 17.3 Å². The molecular weight excluding hydrogens is 368 g/mol. The maximum atomic E-state index is 12.7. The zero-order valence-corrected chi connectivity index (χ0v) is 17.5. The highest BCUT2D eigenvalue weighted by atomic mass is 32.2. The van der Waals surface area contributed by atoms with Gasteiger partial charge in [-0.1, -0.05) is 55.8 Å². The van der Waals surface area contributed by atoms with Gasteiger partial charge in [-0.2, -0.15) is 0 Å². The molecule has 0 bridgehead atoms. The fraction of sp³-hybridized carbons (Fsp3) is 0.455. The smallest absolute Gasteiger partial charge is 0.187 e. The molecule has 2 heterocycles. The van der Waals surface area contributed by atoms with Crippen LogP contribution >= 0.6 is 11.8 Å². The number of nitrogens with two attached hydrogens (primary N) is 1. The van der Waals surface area contributed by atoms with E-state index >= 15 is 0 Å². The minimum absolute atomic E-state index is 0.0165. The standard InChI is InChI=1S/C22H28N4OS/c1-3-4-5-9-18-14-25-19(15-24-18)20(27)13-16-7-6-8-17(12-16)22(2)10-11-28-21(23)26-22/h6-8,12,14-15H,3-5,9-11,13H2,1-2H3,(H2,23,26). The van der Waals surface area contributed by atoms with Gasteiger partial charge in [0.25, 0.3) is 0 Å². The number of ketones is 1. The number of thioether (sulfide) groups is 1.